The van der Waals surface area contributed by atoms with Crippen molar-refractivity contribution in [1.29, 1.82) is 0 Å². The maximum atomic E-state index is 13.4. The Hall–Kier alpha value is -4.15. The van der Waals surface area contributed by atoms with Gasteiger partial charge in [0.2, 0.25) is 5.91 Å². The van der Waals surface area contributed by atoms with E-state index in [1.807, 2.05) is 0 Å². The SMILES string of the molecule is CN(C)C(=O)/C=C/CC[C@H](OC(=O)N(C)C)C(=O)Cc1cccn(CC2=Nc3c(ncnc3C3CCCCC3)C2)c1=O. The molecule has 11 nitrogen and oxygen atoms in total. The van der Waals surface area contributed by atoms with E-state index in [0.29, 0.717) is 24.3 Å². The van der Waals surface area contributed by atoms with Crippen molar-refractivity contribution in [3.8, 4) is 0 Å². The fourth-order valence-corrected chi connectivity index (χ4v) is 5.28. The Morgan fingerprint density at radius 3 is 2.57 bits per heavy atom. The average Bonchev–Trinajstić information content (AvgIpc) is 3.39. The Morgan fingerprint density at radius 1 is 1.10 bits per heavy atom. The molecular weight excluding hydrogens is 536 g/mol. The Labute approximate surface area is 246 Å². The predicted octanol–water partition coefficient (Wildman–Crippen LogP) is 3.62. The molecular formula is C31H40N6O5. The van der Waals surface area contributed by atoms with Gasteiger partial charge < -0.3 is 19.1 Å². The highest BCUT2D eigenvalue weighted by Gasteiger charge is 2.27. The number of carbonyl (C=O) groups excluding carboxylic acids is 3. The number of ether oxygens (including phenoxy) is 1. The third-order valence-electron chi connectivity index (χ3n) is 7.64. The zero-order valence-electron chi connectivity index (χ0n) is 24.9. The van der Waals surface area contributed by atoms with Crippen LogP contribution in [0.2, 0.25) is 0 Å². The van der Waals surface area contributed by atoms with Gasteiger partial charge in [0.05, 0.1) is 17.9 Å². The number of carbonyl (C=O) groups is 3. The fourth-order valence-electron chi connectivity index (χ4n) is 5.28. The maximum absolute atomic E-state index is 13.4. The number of pyridine rings is 1. The van der Waals surface area contributed by atoms with Gasteiger partial charge in [-0.15, -0.1) is 0 Å². The lowest BCUT2D eigenvalue weighted by Gasteiger charge is -2.21. The predicted molar refractivity (Wildman–Crippen MR) is 159 cm³/mol. The number of aliphatic imine (C=N–C) groups is 1. The zero-order chi connectivity index (χ0) is 30.2. The minimum Gasteiger partial charge on any atom is -0.438 e. The van der Waals surface area contributed by atoms with Crippen molar-refractivity contribution in [1.82, 2.24) is 24.3 Å². The molecule has 11 heteroatoms. The molecule has 42 heavy (non-hydrogen) atoms. The number of Topliss-reactive ketones (excluding diaryl/α,β-unsaturated/α-hetero) is 1. The topological polar surface area (TPSA) is 127 Å². The van der Waals surface area contributed by atoms with Crippen LogP contribution in [0.4, 0.5) is 10.5 Å². The molecule has 0 radical (unpaired) electrons. The number of allylic oxidation sites excluding steroid dienone is 1. The number of nitrogens with zero attached hydrogens (tertiary/aromatic N) is 6. The lowest BCUT2D eigenvalue weighted by molar-refractivity contribution is -0.127. The summed E-state index contributed by atoms with van der Waals surface area (Å²) in [7, 11) is 6.35. The molecule has 1 fully saturated rings. The molecule has 224 valence electrons. The first kappa shape index (κ1) is 30.8. The summed E-state index contributed by atoms with van der Waals surface area (Å²) in [6.07, 6.45) is 11.4. The van der Waals surface area contributed by atoms with Crippen LogP contribution in [0, 0.1) is 0 Å². The zero-order valence-corrected chi connectivity index (χ0v) is 24.9. The van der Waals surface area contributed by atoms with Crippen LogP contribution >= 0.6 is 0 Å². The summed E-state index contributed by atoms with van der Waals surface area (Å²) in [5, 5.41) is 0. The van der Waals surface area contributed by atoms with E-state index in [4.69, 9.17) is 9.73 Å². The van der Waals surface area contributed by atoms with Crippen molar-refractivity contribution in [2.45, 2.75) is 76.4 Å². The summed E-state index contributed by atoms with van der Waals surface area (Å²) in [4.78, 5) is 67.3. The van der Waals surface area contributed by atoms with E-state index < -0.39 is 12.2 Å². The van der Waals surface area contributed by atoms with Crippen LogP contribution in [0.1, 0.15) is 67.8 Å². The summed E-state index contributed by atoms with van der Waals surface area (Å²) in [5.41, 5.74) is 3.60. The second-order valence-corrected chi connectivity index (χ2v) is 11.3. The molecule has 0 unspecified atom stereocenters. The summed E-state index contributed by atoms with van der Waals surface area (Å²) in [6.45, 7) is 0.283. The lowest BCUT2D eigenvalue weighted by Crippen LogP contribution is -2.35. The monoisotopic (exact) mass is 576 g/mol. The molecule has 1 aliphatic heterocycles. The number of hydrogen-bond acceptors (Lipinski definition) is 8. The van der Waals surface area contributed by atoms with Crippen molar-refractivity contribution >= 4 is 29.2 Å². The molecule has 1 saturated carbocycles. The molecule has 3 heterocycles. The molecule has 0 spiro atoms. The minimum atomic E-state index is -1.06. The molecule has 2 aromatic heterocycles. The molecule has 1 atom stereocenters. The van der Waals surface area contributed by atoms with Gasteiger partial charge in [0.25, 0.3) is 5.56 Å². The van der Waals surface area contributed by atoms with Crippen LogP contribution < -0.4 is 5.56 Å². The highest BCUT2D eigenvalue weighted by atomic mass is 16.6. The van der Waals surface area contributed by atoms with Crippen molar-refractivity contribution in [2.75, 3.05) is 28.2 Å². The minimum absolute atomic E-state index is 0.180. The summed E-state index contributed by atoms with van der Waals surface area (Å²) < 4.78 is 7.00. The third-order valence-corrected chi connectivity index (χ3v) is 7.64. The van der Waals surface area contributed by atoms with Crippen LogP contribution in [0.3, 0.4) is 0 Å². The Bertz CT molecular complexity index is 1420. The molecule has 0 bridgehead atoms. The largest absolute Gasteiger partial charge is 0.438 e. The number of hydrogen-bond donors (Lipinski definition) is 0. The van der Waals surface area contributed by atoms with Gasteiger partial charge in [0.15, 0.2) is 11.9 Å². The first-order valence-electron chi connectivity index (χ1n) is 14.5. The number of amides is 2. The van der Waals surface area contributed by atoms with E-state index in [9.17, 15) is 19.2 Å². The number of rotatable bonds is 11. The maximum Gasteiger partial charge on any atom is 0.409 e. The first-order chi connectivity index (χ1) is 20.1. The van der Waals surface area contributed by atoms with Crippen LogP contribution in [0.5, 0.6) is 0 Å². The van der Waals surface area contributed by atoms with Gasteiger partial charge in [-0.3, -0.25) is 19.4 Å². The molecule has 0 N–H and O–H groups in total. The quantitative estimate of drug-likeness (QED) is 0.374. The molecule has 2 aromatic rings. The van der Waals surface area contributed by atoms with Crippen LogP contribution in [0.15, 0.2) is 46.6 Å². The second-order valence-electron chi connectivity index (χ2n) is 11.3. The van der Waals surface area contributed by atoms with E-state index in [2.05, 4.69) is 9.97 Å². The van der Waals surface area contributed by atoms with Gasteiger partial charge in [-0.2, -0.15) is 0 Å². The van der Waals surface area contributed by atoms with Crippen LogP contribution in [0.25, 0.3) is 0 Å². The van der Waals surface area contributed by atoms with E-state index in [1.54, 1.807) is 49.4 Å². The van der Waals surface area contributed by atoms with Crippen LogP contribution in [-0.4, -0.2) is 82.1 Å². The van der Waals surface area contributed by atoms with Gasteiger partial charge in [-0.05, 0) is 37.8 Å². The van der Waals surface area contributed by atoms with Gasteiger partial charge in [0, 0.05) is 64.4 Å². The summed E-state index contributed by atoms with van der Waals surface area (Å²) in [6, 6.07) is 3.35. The van der Waals surface area contributed by atoms with Gasteiger partial charge >= 0.3 is 6.09 Å². The summed E-state index contributed by atoms with van der Waals surface area (Å²) in [5.74, 6) is -0.167. The van der Waals surface area contributed by atoms with Crippen molar-refractivity contribution < 1.29 is 19.1 Å². The summed E-state index contributed by atoms with van der Waals surface area (Å²) >= 11 is 0. The standard InChI is InChI=1S/C31H40N6O5/c1-35(2)27(39)15-9-8-14-26(42-31(41)36(3)4)25(38)17-22-13-10-16-37(30(22)40)19-23-18-24-29(34-23)28(33-20-32-24)21-11-6-5-7-12-21/h9-10,13,15-16,20-21,26H,5-8,11-12,14,17-19H2,1-4H3/b15-9+/t26-/m0/s1. The number of ketones is 1. The normalized spacial score (nSPS) is 15.7. The second kappa shape index (κ2) is 14.2. The first-order valence-corrected chi connectivity index (χ1v) is 14.5. The molecule has 0 aromatic carbocycles. The fraction of sp³-hybridized carbons (Fsp3) is 0.516. The van der Waals surface area contributed by atoms with E-state index >= 15 is 0 Å². The van der Waals surface area contributed by atoms with Crippen molar-refractivity contribution in [2.24, 2.45) is 4.99 Å². The number of fused-ring (bicyclic) bond motifs is 1. The Balaban J connectivity index is 1.46. The van der Waals surface area contributed by atoms with Crippen LogP contribution in [-0.2, 0) is 33.7 Å². The van der Waals surface area contributed by atoms with Gasteiger partial charge in [-0.1, -0.05) is 31.4 Å². The van der Waals surface area contributed by atoms with Gasteiger partial charge in [-0.25, -0.2) is 14.8 Å². The van der Waals surface area contributed by atoms with Crippen molar-refractivity contribution in [3.05, 3.63) is 64.1 Å². The third kappa shape index (κ3) is 7.77. The van der Waals surface area contributed by atoms with E-state index in [0.717, 1.165) is 35.6 Å². The smallest absolute Gasteiger partial charge is 0.409 e. The lowest BCUT2D eigenvalue weighted by atomic mass is 9.86. The molecule has 1 aliphatic carbocycles. The number of likely N-dealkylation sites (N-methyl/N-ethyl adjacent to an activating group) is 1. The highest BCUT2D eigenvalue weighted by molar-refractivity contribution is 5.93. The van der Waals surface area contributed by atoms with E-state index in [-0.39, 0.29) is 36.6 Å². The Morgan fingerprint density at radius 2 is 1.86 bits per heavy atom. The highest BCUT2D eigenvalue weighted by Crippen LogP contribution is 2.39. The number of aromatic nitrogens is 3. The molecule has 0 saturated heterocycles. The molecule has 2 amide bonds. The van der Waals surface area contributed by atoms with Crippen molar-refractivity contribution in [3.63, 3.8) is 0 Å². The average molecular weight is 577 g/mol. The molecule has 2 aliphatic rings. The Kier molecular flexibility index (Phi) is 10.4. The van der Waals surface area contributed by atoms with E-state index in [1.165, 1.54) is 49.2 Å². The molecule has 4 rings (SSSR count). The van der Waals surface area contributed by atoms with Gasteiger partial charge in [0.1, 0.15) is 12.0 Å².